The fourth-order valence-corrected chi connectivity index (χ4v) is 1.44. The van der Waals surface area contributed by atoms with Crippen LogP contribution in [0.1, 0.15) is 23.1 Å². The first-order valence-electron chi connectivity index (χ1n) is 3.74. The van der Waals surface area contributed by atoms with Gasteiger partial charge in [0.2, 0.25) is 5.69 Å². The third kappa shape index (κ3) is 2.58. The minimum Gasteiger partial charge on any atom is -0.461 e. The molecule has 1 rings (SSSR count). The first kappa shape index (κ1) is 12.2. The predicted molar refractivity (Wildman–Crippen MR) is 50.4 cm³/mol. The number of halogens is 4. The van der Waals surface area contributed by atoms with Crippen molar-refractivity contribution in [2.24, 2.45) is 0 Å². The Balaban J connectivity index is 3.15. The van der Waals surface area contributed by atoms with E-state index in [-0.39, 0.29) is 6.61 Å². The molecule has 0 aliphatic rings. The van der Waals surface area contributed by atoms with E-state index in [0.29, 0.717) is 2.90 Å². The van der Waals surface area contributed by atoms with Gasteiger partial charge in [0.25, 0.3) is 0 Å². The third-order valence-electron chi connectivity index (χ3n) is 1.37. The number of aromatic nitrogens is 3. The van der Waals surface area contributed by atoms with E-state index >= 15 is 0 Å². The van der Waals surface area contributed by atoms with E-state index in [0.717, 1.165) is 0 Å². The van der Waals surface area contributed by atoms with Crippen LogP contribution in [0.5, 0.6) is 0 Å². The van der Waals surface area contributed by atoms with Crippen molar-refractivity contribution in [3.8, 4) is 0 Å². The van der Waals surface area contributed by atoms with Crippen LogP contribution in [-0.2, 0) is 10.9 Å². The van der Waals surface area contributed by atoms with Crippen molar-refractivity contribution < 1.29 is 22.7 Å². The molecule has 1 aromatic heterocycles. The summed E-state index contributed by atoms with van der Waals surface area (Å²) in [4.78, 5) is 11.1. The molecule has 0 atom stereocenters. The number of nitrogens with zero attached hydrogens (tertiary/aromatic N) is 3. The summed E-state index contributed by atoms with van der Waals surface area (Å²) in [5.41, 5.74) is -2.04. The van der Waals surface area contributed by atoms with Gasteiger partial charge in [0.05, 0.1) is 29.5 Å². The molecular weight excluding hydrogens is 330 g/mol. The minimum absolute atomic E-state index is 0.0236. The molecule has 0 saturated carbocycles. The molecule has 0 N–H and O–H groups in total. The van der Waals surface area contributed by atoms with Crippen LogP contribution >= 0.6 is 22.9 Å². The van der Waals surface area contributed by atoms with Crippen LogP contribution in [0.2, 0.25) is 0 Å². The second kappa shape index (κ2) is 4.33. The lowest BCUT2D eigenvalue weighted by Crippen LogP contribution is -2.16. The Morgan fingerprint density at radius 1 is 1.60 bits per heavy atom. The number of carbonyl (C=O) groups is 1. The lowest BCUT2D eigenvalue weighted by Gasteiger charge is -2.06. The molecule has 5 nitrogen and oxygen atoms in total. The summed E-state index contributed by atoms with van der Waals surface area (Å²) in [6.45, 7) is 1.46. The summed E-state index contributed by atoms with van der Waals surface area (Å²) in [6.07, 6.45) is -4.69. The molecule has 0 saturated heterocycles. The molecule has 0 radical (unpaired) electrons. The number of hydrogen-bond donors (Lipinski definition) is 0. The van der Waals surface area contributed by atoms with Crippen molar-refractivity contribution in [2.75, 3.05) is 6.61 Å². The van der Waals surface area contributed by atoms with Crippen LogP contribution in [0.25, 0.3) is 0 Å². The Hall–Kier alpha value is -0.870. The Morgan fingerprint density at radius 3 is 2.67 bits per heavy atom. The highest BCUT2D eigenvalue weighted by atomic mass is 127. The van der Waals surface area contributed by atoms with Gasteiger partial charge in [0.1, 0.15) is 0 Å². The number of carbonyl (C=O) groups excluding carboxylic acids is 1. The molecule has 0 amide bonds. The second-order valence-corrected chi connectivity index (χ2v) is 3.28. The average molecular weight is 335 g/mol. The van der Waals surface area contributed by atoms with Crippen molar-refractivity contribution in [1.29, 1.82) is 0 Å². The van der Waals surface area contributed by atoms with Gasteiger partial charge in [-0.15, -0.1) is 5.10 Å². The lowest BCUT2D eigenvalue weighted by atomic mass is 10.3. The molecule has 1 heterocycles. The lowest BCUT2D eigenvalue weighted by molar-refractivity contribution is -0.142. The molecule has 0 spiro atoms. The molecule has 0 unspecified atom stereocenters. The molecule has 1 aromatic rings. The summed E-state index contributed by atoms with van der Waals surface area (Å²) in [6, 6.07) is 0. The zero-order valence-corrected chi connectivity index (χ0v) is 9.53. The van der Waals surface area contributed by atoms with Crippen molar-refractivity contribution in [2.45, 2.75) is 13.1 Å². The Bertz CT molecular complexity index is 376. The van der Waals surface area contributed by atoms with E-state index in [2.05, 4.69) is 15.0 Å². The highest BCUT2D eigenvalue weighted by molar-refractivity contribution is 14.1. The maximum atomic E-state index is 12.4. The zero-order valence-electron chi connectivity index (χ0n) is 7.38. The molecule has 9 heteroatoms. The maximum Gasteiger partial charge on any atom is 0.436 e. The van der Waals surface area contributed by atoms with Gasteiger partial charge in [-0.25, -0.2) is 4.79 Å². The Labute approximate surface area is 96.1 Å². The molecule has 84 valence electrons. The van der Waals surface area contributed by atoms with Gasteiger partial charge < -0.3 is 4.74 Å². The van der Waals surface area contributed by atoms with Crippen molar-refractivity contribution in [1.82, 2.24) is 13.2 Å². The van der Waals surface area contributed by atoms with E-state index in [1.54, 1.807) is 0 Å². The normalized spacial score (nSPS) is 11.5. The molecule has 0 aliphatic carbocycles. The van der Waals surface area contributed by atoms with Crippen molar-refractivity contribution >= 4 is 28.8 Å². The molecule has 0 fully saturated rings. The van der Waals surface area contributed by atoms with E-state index in [4.69, 9.17) is 0 Å². The first-order valence-corrected chi connectivity index (χ1v) is 4.70. The van der Waals surface area contributed by atoms with Gasteiger partial charge in [0, 0.05) is 0 Å². The highest BCUT2D eigenvalue weighted by Gasteiger charge is 2.41. The van der Waals surface area contributed by atoms with Crippen LogP contribution in [0, 0.1) is 0 Å². The quantitative estimate of drug-likeness (QED) is 0.610. The number of ether oxygens (including phenoxy) is 1. The summed E-state index contributed by atoms with van der Waals surface area (Å²) >= 11 is 1.28. The summed E-state index contributed by atoms with van der Waals surface area (Å²) in [5.74, 6) is -1.13. The molecule has 0 aliphatic heterocycles. The van der Waals surface area contributed by atoms with Crippen LogP contribution in [0.3, 0.4) is 0 Å². The second-order valence-electron chi connectivity index (χ2n) is 2.36. The monoisotopic (exact) mass is 335 g/mol. The largest absolute Gasteiger partial charge is 0.461 e. The van der Waals surface area contributed by atoms with Crippen molar-refractivity contribution in [3.63, 3.8) is 0 Å². The molecular formula is C6H5F3IN3O2. The van der Waals surface area contributed by atoms with E-state index in [1.165, 1.54) is 29.8 Å². The van der Waals surface area contributed by atoms with Crippen LogP contribution in [-0.4, -0.2) is 25.8 Å². The maximum absolute atomic E-state index is 12.4. The number of hydrogen-bond acceptors (Lipinski definition) is 4. The molecule has 0 bridgehead atoms. The Kier molecular flexibility index (Phi) is 3.52. The number of alkyl halides is 3. The van der Waals surface area contributed by atoms with Gasteiger partial charge in [-0.3, -0.25) is 0 Å². The van der Waals surface area contributed by atoms with Gasteiger partial charge in [-0.05, 0) is 6.92 Å². The fraction of sp³-hybridized carbons (Fsp3) is 0.500. The number of rotatable bonds is 2. The fourth-order valence-electron chi connectivity index (χ4n) is 0.839. The first-order chi connectivity index (χ1) is 6.88. The zero-order chi connectivity index (χ0) is 11.6. The van der Waals surface area contributed by atoms with E-state index in [1.807, 2.05) is 0 Å². The molecule has 0 aromatic carbocycles. The third-order valence-corrected chi connectivity index (χ3v) is 2.04. The van der Waals surface area contributed by atoms with E-state index in [9.17, 15) is 18.0 Å². The van der Waals surface area contributed by atoms with Gasteiger partial charge in [-0.1, -0.05) is 5.21 Å². The summed E-state index contributed by atoms with van der Waals surface area (Å²) in [5, 5.41) is 6.23. The van der Waals surface area contributed by atoms with Crippen molar-refractivity contribution in [3.05, 3.63) is 11.4 Å². The smallest absolute Gasteiger partial charge is 0.436 e. The van der Waals surface area contributed by atoms with Gasteiger partial charge >= 0.3 is 12.1 Å². The summed E-state index contributed by atoms with van der Waals surface area (Å²) < 4.78 is 42.2. The van der Waals surface area contributed by atoms with E-state index < -0.39 is 23.5 Å². The standard InChI is InChI=1S/C6H5F3IN3O2/c1-2-15-5(14)3-4(6(7,8)9)13(10)12-11-3/h2H2,1H3. The van der Waals surface area contributed by atoms with Gasteiger partial charge in [-0.2, -0.15) is 16.1 Å². The van der Waals surface area contributed by atoms with Crippen LogP contribution < -0.4 is 0 Å². The minimum atomic E-state index is -4.69. The molecule has 15 heavy (non-hydrogen) atoms. The Morgan fingerprint density at radius 2 is 2.20 bits per heavy atom. The summed E-state index contributed by atoms with van der Waals surface area (Å²) in [7, 11) is 0. The van der Waals surface area contributed by atoms with Crippen LogP contribution in [0.15, 0.2) is 0 Å². The van der Waals surface area contributed by atoms with Gasteiger partial charge in [0.15, 0.2) is 5.69 Å². The van der Waals surface area contributed by atoms with Crippen LogP contribution in [0.4, 0.5) is 13.2 Å². The predicted octanol–water partition coefficient (Wildman–Crippen LogP) is 1.67. The number of esters is 1. The highest BCUT2D eigenvalue weighted by Crippen LogP contribution is 2.32. The SMILES string of the molecule is CCOC(=O)c1nnn(I)c1C(F)(F)F. The average Bonchev–Trinajstić information content (AvgIpc) is 2.46. The topological polar surface area (TPSA) is 57.0 Å².